The molecular weight excluding hydrogens is 481 g/mol. The third kappa shape index (κ3) is 4.64. The molecule has 1 unspecified atom stereocenters. The third-order valence-corrected chi connectivity index (χ3v) is 6.23. The second-order valence-electron chi connectivity index (χ2n) is 8.30. The van der Waals surface area contributed by atoms with Crippen LogP contribution < -0.4 is 15.8 Å². The van der Waals surface area contributed by atoms with Gasteiger partial charge in [-0.1, -0.05) is 13.0 Å². The molecule has 2 aliphatic heterocycles. The Morgan fingerprint density at radius 2 is 1.94 bits per heavy atom. The maximum Gasteiger partial charge on any atom is 0.417 e. The van der Waals surface area contributed by atoms with Gasteiger partial charge in [0, 0.05) is 39.2 Å². The maximum atomic E-state index is 14.6. The van der Waals surface area contributed by atoms with Gasteiger partial charge in [-0.3, -0.25) is 9.59 Å². The molecule has 0 saturated carbocycles. The van der Waals surface area contributed by atoms with Crippen molar-refractivity contribution in [3.8, 4) is 5.75 Å². The molecule has 2 heterocycles. The van der Waals surface area contributed by atoms with Crippen molar-refractivity contribution < 1.29 is 45.8 Å². The predicted molar refractivity (Wildman–Crippen MR) is 111 cm³/mol. The summed E-state index contributed by atoms with van der Waals surface area (Å²) in [5.74, 6) is -8.24. The Labute approximate surface area is 196 Å². The van der Waals surface area contributed by atoms with Gasteiger partial charge in [0.2, 0.25) is 12.0 Å². The van der Waals surface area contributed by atoms with Gasteiger partial charge in [-0.25, -0.2) is 4.39 Å². The molecule has 3 rings (SSSR count). The number of halogens is 5. The van der Waals surface area contributed by atoms with E-state index in [1.165, 1.54) is 13.8 Å². The first-order chi connectivity index (χ1) is 16.2. The summed E-state index contributed by atoms with van der Waals surface area (Å²) in [4.78, 5) is 36.3. The number of amides is 2. The standard InChI is InChI=1S/C22H22F5N3O5/c1-4-34-17-12(5-6-13(23)16(17)24)15-10(2)21(3,22(25,26)27)35-18(15)20(32)29-11-7-8-30(33)14(9-11)19(28)31/h5-10,14-15,18H,4H2,1-3H3,(H2-,28,29,31,32)/p+1/t10-,14-,15+,18?,21+/m1/s1. The highest BCUT2D eigenvalue weighted by atomic mass is 19.4. The summed E-state index contributed by atoms with van der Waals surface area (Å²) in [5.41, 5.74) is 2.05. The minimum Gasteiger partial charge on any atom is -0.490 e. The van der Waals surface area contributed by atoms with Crippen LogP contribution in [-0.2, 0) is 14.3 Å². The number of allylic oxidation sites excluding steroid dienone is 1. The average Bonchev–Trinajstić information content (AvgIpc) is 3.05. The van der Waals surface area contributed by atoms with Crippen molar-refractivity contribution in [3.05, 3.63) is 58.3 Å². The van der Waals surface area contributed by atoms with Crippen LogP contribution in [0.4, 0.5) is 22.0 Å². The van der Waals surface area contributed by atoms with Gasteiger partial charge < -0.3 is 20.5 Å². The van der Waals surface area contributed by atoms with Crippen molar-refractivity contribution in [2.24, 2.45) is 11.7 Å². The first-order valence-electron chi connectivity index (χ1n) is 10.5. The molecule has 1 saturated heterocycles. The highest BCUT2D eigenvalue weighted by Gasteiger charge is 2.66. The molecule has 1 aromatic rings. The van der Waals surface area contributed by atoms with Crippen LogP contribution in [0.1, 0.15) is 32.3 Å². The summed E-state index contributed by atoms with van der Waals surface area (Å²) < 4.78 is 81.2. The second-order valence-corrected chi connectivity index (χ2v) is 8.30. The lowest BCUT2D eigenvalue weighted by molar-refractivity contribution is -0.495. The number of carbonyl (C=O) groups is 2. The SMILES string of the molecule is CCOc1c([C@H]2C(C(=O)NC3=C[C@H](C(N)=O)[N+](=O)C=C3)O[C@](C)(C(F)(F)F)[C@@H]2C)ccc(F)c1F. The number of nitrogens with two attached hydrogens (primary N) is 1. The Hall–Kier alpha value is -3.35. The fourth-order valence-electron chi connectivity index (χ4n) is 4.17. The molecule has 0 aromatic heterocycles. The number of benzene rings is 1. The van der Waals surface area contributed by atoms with Crippen LogP contribution in [0.2, 0.25) is 0 Å². The number of nitroso groups, excluding NO2 is 1. The average molecular weight is 504 g/mol. The number of primary amides is 1. The van der Waals surface area contributed by atoms with Gasteiger partial charge in [-0.2, -0.15) is 17.6 Å². The van der Waals surface area contributed by atoms with Crippen molar-refractivity contribution in [2.75, 3.05) is 6.61 Å². The minimum atomic E-state index is -4.92. The molecule has 8 nitrogen and oxygen atoms in total. The van der Waals surface area contributed by atoms with Crippen molar-refractivity contribution in [3.63, 3.8) is 0 Å². The van der Waals surface area contributed by atoms with Crippen molar-refractivity contribution in [1.29, 1.82) is 0 Å². The summed E-state index contributed by atoms with van der Waals surface area (Å²) in [6, 6.07) is 0.324. The van der Waals surface area contributed by atoms with Gasteiger partial charge in [-0.15, -0.1) is 0 Å². The number of nitrogens with zero attached hydrogens (tertiary/aromatic N) is 1. The summed E-state index contributed by atoms with van der Waals surface area (Å²) in [6.45, 7) is 3.29. The monoisotopic (exact) mass is 504 g/mol. The van der Waals surface area contributed by atoms with Gasteiger partial charge in [0.05, 0.1) is 12.3 Å². The quantitative estimate of drug-likeness (QED) is 0.457. The molecule has 35 heavy (non-hydrogen) atoms. The van der Waals surface area contributed by atoms with E-state index in [2.05, 4.69) is 5.32 Å². The largest absolute Gasteiger partial charge is 0.490 e. The lowest BCUT2D eigenvalue weighted by Gasteiger charge is -2.32. The van der Waals surface area contributed by atoms with Crippen LogP contribution in [0.3, 0.4) is 0 Å². The van der Waals surface area contributed by atoms with Crippen LogP contribution in [0.5, 0.6) is 5.75 Å². The lowest BCUT2D eigenvalue weighted by atomic mass is 9.77. The van der Waals surface area contributed by atoms with E-state index in [-0.39, 0.29) is 22.6 Å². The zero-order chi connectivity index (χ0) is 26.3. The van der Waals surface area contributed by atoms with E-state index in [4.69, 9.17) is 15.2 Å². The Balaban J connectivity index is 2.06. The number of hydrogen-bond donors (Lipinski definition) is 2. The van der Waals surface area contributed by atoms with E-state index in [0.29, 0.717) is 0 Å². The molecular formula is C22H23F5N3O5+. The summed E-state index contributed by atoms with van der Waals surface area (Å²) >= 11 is 0. The summed E-state index contributed by atoms with van der Waals surface area (Å²) in [7, 11) is 0. The highest BCUT2D eigenvalue weighted by molar-refractivity contribution is 5.86. The highest BCUT2D eigenvalue weighted by Crippen LogP contribution is 2.54. The Bertz CT molecular complexity index is 1120. The zero-order valence-corrected chi connectivity index (χ0v) is 18.9. The molecule has 3 N–H and O–H groups in total. The Kier molecular flexibility index (Phi) is 7.02. The Morgan fingerprint density at radius 3 is 2.51 bits per heavy atom. The van der Waals surface area contributed by atoms with E-state index in [0.717, 1.165) is 37.4 Å². The van der Waals surface area contributed by atoms with Gasteiger partial charge in [0.25, 0.3) is 11.8 Å². The smallest absolute Gasteiger partial charge is 0.417 e. The van der Waals surface area contributed by atoms with Crippen LogP contribution in [0, 0.1) is 22.5 Å². The Morgan fingerprint density at radius 1 is 1.29 bits per heavy atom. The number of carbonyl (C=O) groups excluding carboxylic acids is 2. The van der Waals surface area contributed by atoms with Gasteiger partial charge >= 0.3 is 12.2 Å². The van der Waals surface area contributed by atoms with Crippen LogP contribution in [0.25, 0.3) is 0 Å². The normalized spacial score (nSPS) is 28.6. The van der Waals surface area contributed by atoms with E-state index >= 15 is 0 Å². The fourth-order valence-corrected chi connectivity index (χ4v) is 4.17. The fraction of sp³-hybridized carbons (Fsp3) is 0.455. The topological polar surface area (TPSA) is 111 Å². The molecule has 190 valence electrons. The third-order valence-electron chi connectivity index (χ3n) is 6.23. The first kappa shape index (κ1) is 26.3. The van der Waals surface area contributed by atoms with E-state index in [1.54, 1.807) is 0 Å². The number of ether oxygens (including phenoxy) is 2. The van der Waals surface area contributed by atoms with E-state index in [1.807, 2.05) is 0 Å². The van der Waals surface area contributed by atoms with Crippen LogP contribution in [0.15, 0.2) is 36.2 Å². The number of rotatable bonds is 6. The van der Waals surface area contributed by atoms with E-state index < -0.39 is 65.0 Å². The molecule has 1 aromatic carbocycles. The molecule has 1 fully saturated rings. The van der Waals surface area contributed by atoms with Crippen molar-refractivity contribution in [1.82, 2.24) is 5.32 Å². The molecule has 13 heteroatoms. The molecule has 0 aliphatic carbocycles. The van der Waals surface area contributed by atoms with Crippen molar-refractivity contribution >= 4 is 11.8 Å². The maximum absolute atomic E-state index is 14.6. The molecule has 5 atom stereocenters. The van der Waals surface area contributed by atoms with Gasteiger partial charge in [0.15, 0.2) is 17.2 Å². The van der Waals surface area contributed by atoms with Crippen LogP contribution in [-0.4, -0.2) is 47.1 Å². The molecule has 2 amide bonds. The van der Waals surface area contributed by atoms with Gasteiger partial charge in [0.1, 0.15) is 6.10 Å². The summed E-state index contributed by atoms with van der Waals surface area (Å²) in [6.07, 6.45) is -3.71. The predicted octanol–water partition coefficient (Wildman–Crippen LogP) is 2.96. The molecule has 0 bridgehead atoms. The number of nitrogens with one attached hydrogen (secondary N) is 1. The van der Waals surface area contributed by atoms with Gasteiger partial charge in [-0.05, 0) is 19.9 Å². The van der Waals surface area contributed by atoms with E-state index in [9.17, 15) is 36.4 Å². The second kappa shape index (κ2) is 9.36. The number of hydrogen-bond acceptors (Lipinski definition) is 5. The lowest BCUT2D eigenvalue weighted by Crippen LogP contribution is -2.47. The van der Waals surface area contributed by atoms with Crippen LogP contribution >= 0.6 is 0 Å². The van der Waals surface area contributed by atoms with Crippen molar-refractivity contribution in [2.45, 2.75) is 50.6 Å². The zero-order valence-electron chi connectivity index (χ0n) is 18.9. The minimum absolute atomic E-state index is 0.0863. The first-order valence-corrected chi connectivity index (χ1v) is 10.5. The molecule has 0 radical (unpaired) electrons. The summed E-state index contributed by atoms with van der Waals surface area (Å²) in [5, 5.41) is 2.31. The molecule has 2 aliphatic rings. The number of alkyl halides is 3. The molecule has 0 spiro atoms.